The van der Waals surface area contributed by atoms with Crippen LogP contribution in [0.2, 0.25) is 0 Å². The first-order chi connectivity index (χ1) is 8.85. The Morgan fingerprint density at radius 3 is 2.78 bits per heavy atom. The van der Waals surface area contributed by atoms with Crippen molar-refractivity contribution in [2.45, 2.75) is 32.7 Å². The SMILES string of the molecule is CCCNC(c1cccnc1)c1ccc(CC)s1. The van der Waals surface area contributed by atoms with Gasteiger partial charge in [-0.1, -0.05) is 19.9 Å². The maximum absolute atomic E-state index is 4.23. The van der Waals surface area contributed by atoms with Crippen LogP contribution >= 0.6 is 11.3 Å². The van der Waals surface area contributed by atoms with Crippen LogP contribution in [0.5, 0.6) is 0 Å². The summed E-state index contributed by atoms with van der Waals surface area (Å²) in [5.74, 6) is 0. The molecule has 0 bridgehead atoms. The minimum absolute atomic E-state index is 0.281. The van der Waals surface area contributed by atoms with Gasteiger partial charge in [-0.2, -0.15) is 0 Å². The molecule has 1 N–H and O–H groups in total. The number of pyridine rings is 1. The first kappa shape index (κ1) is 13.2. The molecule has 0 saturated carbocycles. The number of thiophene rings is 1. The number of hydrogen-bond acceptors (Lipinski definition) is 3. The van der Waals surface area contributed by atoms with Crippen molar-refractivity contribution in [3.63, 3.8) is 0 Å². The average Bonchev–Trinajstić information content (AvgIpc) is 2.89. The molecule has 2 heterocycles. The normalized spacial score (nSPS) is 12.6. The van der Waals surface area contributed by atoms with Crippen LogP contribution in [0.3, 0.4) is 0 Å². The largest absolute Gasteiger partial charge is 0.306 e. The fraction of sp³-hybridized carbons (Fsp3) is 0.400. The molecule has 1 atom stereocenters. The van der Waals surface area contributed by atoms with Gasteiger partial charge in [0.2, 0.25) is 0 Å². The van der Waals surface area contributed by atoms with Gasteiger partial charge in [0.1, 0.15) is 0 Å². The van der Waals surface area contributed by atoms with Gasteiger partial charge in [0.15, 0.2) is 0 Å². The van der Waals surface area contributed by atoms with Gasteiger partial charge in [0, 0.05) is 22.1 Å². The van der Waals surface area contributed by atoms with Crippen molar-refractivity contribution in [3.8, 4) is 0 Å². The highest BCUT2D eigenvalue weighted by Crippen LogP contribution is 2.28. The number of aryl methyl sites for hydroxylation is 1. The lowest BCUT2D eigenvalue weighted by Gasteiger charge is -2.17. The predicted octanol–water partition coefficient (Wildman–Crippen LogP) is 3.79. The lowest BCUT2D eigenvalue weighted by molar-refractivity contribution is 0.604. The maximum Gasteiger partial charge on any atom is 0.0686 e. The summed E-state index contributed by atoms with van der Waals surface area (Å²) in [6, 6.07) is 8.90. The molecule has 0 amide bonds. The molecule has 2 rings (SSSR count). The summed E-state index contributed by atoms with van der Waals surface area (Å²) in [5, 5.41) is 3.61. The number of rotatable bonds is 6. The summed E-state index contributed by atoms with van der Waals surface area (Å²) in [6.45, 7) is 5.42. The van der Waals surface area contributed by atoms with Gasteiger partial charge >= 0.3 is 0 Å². The zero-order valence-electron chi connectivity index (χ0n) is 11.0. The third-order valence-electron chi connectivity index (χ3n) is 2.93. The van der Waals surface area contributed by atoms with E-state index in [4.69, 9.17) is 0 Å². The van der Waals surface area contributed by atoms with Gasteiger partial charge in [0.25, 0.3) is 0 Å². The van der Waals surface area contributed by atoms with Crippen LogP contribution in [-0.2, 0) is 6.42 Å². The van der Waals surface area contributed by atoms with E-state index in [2.05, 4.69) is 42.3 Å². The summed E-state index contributed by atoms with van der Waals surface area (Å²) < 4.78 is 0. The van der Waals surface area contributed by atoms with Gasteiger partial charge in [-0.3, -0.25) is 4.98 Å². The highest BCUT2D eigenvalue weighted by Gasteiger charge is 2.15. The third kappa shape index (κ3) is 3.18. The fourth-order valence-electron chi connectivity index (χ4n) is 1.96. The maximum atomic E-state index is 4.23. The standard InChI is InChI=1S/C15H20N2S/c1-3-9-17-15(12-6-5-10-16-11-12)14-8-7-13(4-2)18-14/h5-8,10-11,15,17H,3-4,9H2,1-2H3. The molecule has 2 nitrogen and oxygen atoms in total. The molecular formula is C15H20N2S. The minimum atomic E-state index is 0.281. The summed E-state index contributed by atoms with van der Waals surface area (Å²) in [6.07, 6.45) is 6.03. The van der Waals surface area contributed by atoms with Crippen molar-refractivity contribution in [1.82, 2.24) is 10.3 Å². The topological polar surface area (TPSA) is 24.9 Å². The summed E-state index contributed by atoms with van der Waals surface area (Å²) in [5.41, 5.74) is 1.25. The molecule has 96 valence electrons. The van der Waals surface area contributed by atoms with Gasteiger partial charge in [-0.15, -0.1) is 11.3 Å². The van der Waals surface area contributed by atoms with E-state index in [9.17, 15) is 0 Å². The molecule has 0 fully saturated rings. The minimum Gasteiger partial charge on any atom is -0.306 e. The van der Waals surface area contributed by atoms with Crippen molar-refractivity contribution in [1.29, 1.82) is 0 Å². The second-order valence-corrected chi connectivity index (χ2v) is 5.53. The predicted molar refractivity (Wildman–Crippen MR) is 78.1 cm³/mol. The van der Waals surface area contributed by atoms with E-state index in [0.29, 0.717) is 0 Å². The van der Waals surface area contributed by atoms with Crippen LogP contribution < -0.4 is 5.32 Å². The van der Waals surface area contributed by atoms with Gasteiger partial charge in [0.05, 0.1) is 6.04 Å². The Morgan fingerprint density at radius 1 is 1.28 bits per heavy atom. The van der Waals surface area contributed by atoms with E-state index in [0.717, 1.165) is 19.4 Å². The van der Waals surface area contributed by atoms with E-state index < -0.39 is 0 Å². The molecule has 0 spiro atoms. The molecule has 3 heteroatoms. The van der Waals surface area contributed by atoms with Crippen LogP contribution in [0.25, 0.3) is 0 Å². The molecule has 0 aliphatic rings. The van der Waals surface area contributed by atoms with Gasteiger partial charge in [-0.25, -0.2) is 0 Å². The van der Waals surface area contributed by atoms with E-state index in [-0.39, 0.29) is 6.04 Å². The van der Waals surface area contributed by atoms with E-state index >= 15 is 0 Å². The second-order valence-electron chi connectivity index (χ2n) is 4.33. The first-order valence-corrected chi connectivity index (χ1v) is 7.38. The quantitative estimate of drug-likeness (QED) is 0.854. The van der Waals surface area contributed by atoms with Crippen LogP contribution in [-0.4, -0.2) is 11.5 Å². The monoisotopic (exact) mass is 260 g/mol. The molecule has 2 aromatic heterocycles. The number of aromatic nitrogens is 1. The Labute approximate surface area is 113 Å². The number of hydrogen-bond donors (Lipinski definition) is 1. The summed E-state index contributed by atoms with van der Waals surface area (Å²) in [4.78, 5) is 7.06. The van der Waals surface area contributed by atoms with Crippen LogP contribution in [0, 0.1) is 0 Å². The van der Waals surface area contributed by atoms with Crippen molar-refractivity contribution in [2.24, 2.45) is 0 Å². The highest BCUT2D eigenvalue weighted by molar-refractivity contribution is 7.12. The third-order valence-corrected chi connectivity index (χ3v) is 4.23. The zero-order chi connectivity index (χ0) is 12.8. The molecule has 0 aliphatic carbocycles. The van der Waals surface area contributed by atoms with Crippen molar-refractivity contribution >= 4 is 11.3 Å². The van der Waals surface area contributed by atoms with Gasteiger partial charge < -0.3 is 5.32 Å². The summed E-state index contributed by atoms with van der Waals surface area (Å²) in [7, 11) is 0. The summed E-state index contributed by atoms with van der Waals surface area (Å²) >= 11 is 1.90. The van der Waals surface area contributed by atoms with E-state index in [1.807, 2.05) is 29.8 Å². The smallest absolute Gasteiger partial charge is 0.0686 e. The molecule has 0 aromatic carbocycles. The number of nitrogens with one attached hydrogen (secondary N) is 1. The van der Waals surface area contributed by atoms with Crippen molar-refractivity contribution < 1.29 is 0 Å². The van der Waals surface area contributed by atoms with E-state index in [1.165, 1.54) is 15.3 Å². The highest BCUT2D eigenvalue weighted by atomic mass is 32.1. The molecule has 1 unspecified atom stereocenters. The number of nitrogens with zero attached hydrogens (tertiary/aromatic N) is 1. The van der Waals surface area contributed by atoms with E-state index in [1.54, 1.807) is 0 Å². The second kappa shape index (κ2) is 6.66. The Morgan fingerprint density at radius 2 is 2.17 bits per heavy atom. The van der Waals surface area contributed by atoms with Crippen LogP contribution in [0.15, 0.2) is 36.7 Å². The molecule has 2 aromatic rings. The lowest BCUT2D eigenvalue weighted by atomic mass is 10.1. The van der Waals surface area contributed by atoms with Gasteiger partial charge in [-0.05, 0) is 43.1 Å². The van der Waals surface area contributed by atoms with Crippen LogP contribution in [0.4, 0.5) is 0 Å². The lowest BCUT2D eigenvalue weighted by Crippen LogP contribution is -2.22. The fourth-order valence-corrected chi connectivity index (χ4v) is 3.01. The first-order valence-electron chi connectivity index (χ1n) is 6.57. The molecule has 18 heavy (non-hydrogen) atoms. The Balaban J connectivity index is 2.24. The Hall–Kier alpha value is -1.19. The average molecular weight is 260 g/mol. The zero-order valence-corrected chi connectivity index (χ0v) is 11.8. The molecule has 0 aliphatic heterocycles. The molecular weight excluding hydrogens is 240 g/mol. The molecule has 0 radical (unpaired) electrons. The van der Waals surface area contributed by atoms with Crippen molar-refractivity contribution in [2.75, 3.05) is 6.54 Å². The molecule has 0 saturated heterocycles. The van der Waals surface area contributed by atoms with Crippen molar-refractivity contribution in [3.05, 3.63) is 52.0 Å². The Bertz CT molecular complexity index is 464. The van der Waals surface area contributed by atoms with Crippen LogP contribution in [0.1, 0.15) is 41.6 Å². The Kier molecular flexibility index (Phi) is 4.90.